The van der Waals surface area contributed by atoms with Gasteiger partial charge < -0.3 is 9.84 Å². The van der Waals surface area contributed by atoms with Gasteiger partial charge in [0, 0.05) is 5.38 Å². The molecule has 0 fully saturated rings. The Balaban J connectivity index is 2.74. The minimum atomic E-state index is -3.89. The smallest absolute Gasteiger partial charge is 0.345 e. The van der Waals surface area contributed by atoms with Crippen LogP contribution < -0.4 is 4.72 Å². The molecule has 0 aliphatic carbocycles. The first-order valence-corrected chi connectivity index (χ1v) is 7.20. The quantitative estimate of drug-likeness (QED) is 0.729. The fourth-order valence-corrected chi connectivity index (χ4v) is 3.10. The van der Waals surface area contributed by atoms with Crippen LogP contribution in [0.25, 0.3) is 0 Å². The van der Waals surface area contributed by atoms with Crippen LogP contribution in [0.15, 0.2) is 16.3 Å². The monoisotopic (exact) mass is 293 g/mol. The molecule has 100 valence electrons. The highest BCUT2D eigenvalue weighted by molar-refractivity contribution is 7.89. The molecular weight excluding hydrogens is 282 g/mol. The molecular formula is C9H11NO6S2. The van der Waals surface area contributed by atoms with Crippen LogP contribution in [0.5, 0.6) is 0 Å². The van der Waals surface area contributed by atoms with Crippen LogP contribution in [0, 0.1) is 0 Å². The van der Waals surface area contributed by atoms with Crippen molar-refractivity contribution in [3.63, 3.8) is 0 Å². The van der Waals surface area contributed by atoms with Crippen molar-refractivity contribution in [1.82, 2.24) is 4.72 Å². The zero-order chi connectivity index (χ0) is 13.8. The molecule has 18 heavy (non-hydrogen) atoms. The van der Waals surface area contributed by atoms with E-state index in [0.717, 1.165) is 17.4 Å². The normalized spacial score (nSPS) is 11.2. The molecule has 1 rings (SSSR count). The zero-order valence-corrected chi connectivity index (χ0v) is 11.0. The van der Waals surface area contributed by atoms with Crippen molar-refractivity contribution in [1.29, 1.82) is 0 Å². The van der Waals surface area contributed by atoms with E-state index < -0.39 is 28.5 Å². The lowest BCUT2D eigenvalue weighted by Gasteiger charge is -2.04. The number of sulfonamides is 1. The average Bonchev–Trinajstić information content (AvgIpc) is 2.77. The maximum atomic E-state index is 11.7. The van der Waals surface area contributed by atoms with Gasteiger partial charge in [-0.1, -0.05) is 0 Å². The molecule has 1 aromatic heterocycles. The van der Waals surface area contributed by atoms with Crippen molar-refractivity contribution in [2.75, 3.05) is 13.2 Å². The molecule has 0 aliphatic heterocycles. The highest BCUT2D eigenvalue weighted by atomic mass is 32.2. The van der Waals surface area contributed by atoms with Crippen LogP contribution in [-0.4, -0.2) is 38.6 Å². The minimum Gasteiger partial charge on any atom is -0.477 e. The summed E-state index contributed by atoms with van der Waals surface area (Å²) in [5.41, 5.74) is 0. The van der Waals surface area contributed by atoms with Crippen molar-refractivity contribution >= 4 is 33.3 Å². The topological polar surface area (TPSA) is 110 Å². The molecule has 0 aliphatic rings. The Labute approximate surface area is 107 Å². The molecule has 0 saturated carbocycles. The van der Waals surface area contributed by atoms with Crippen LogP contribution in [-0.2, 0) is 19.6 Å². The third-order valence-corrected chi connectivity index (χ3v) is 4.26. The maximum absolute atomic E-state index is 11.7. The molecule has 0 aromatic carbocycles. The molecule has 7 nitrogen and oxygen atoms in total. The number of nitrogens with one attached hydrogen (secondary N) is 1. The third-order valence-electron chi connectivity index (χ3n) is 1.81. The van der Waals surface area contributed by atoms with Crippen molar-refractivity contribution in [3.05, 3.63) is 16.3 Å². The van der Waals surface area contributed by atoms with Gasteiger partial charge in [-0.2, -0.15) is 4.72 Å². The summed E-state index contributed by atoms with van der Waals surface area (Å²) >= 11 is 0.794. The molecule has 0 radical (unpaired) electrons. The van der Waals surface area contributed by atoms with Gasteiger partial charge in [0.1, 0.15) is 11.4 Å². The number of rotatable bonds is 6. The van der Waals surface area contributed by atoms with E-state index in [1.54, 1.807) is 6.92 Å². The van der Waals surface area contributed by atoms with E-state index in [1.807, 2.05) is 4.72 Å². The second-order valence-electron chi connectivity index (χ2n) is 3.08. The summed E-state index contributed by atoms with van der Waals surface area (Å²) in [6, 6.07) is 1.03. The van der Waals surface area contributed by atoms with Crippen molar-refractivity contribution in [2.24, 2.45) is 0 Å². The van der Waals surface area contributed by atoms with Crippen LogP contribution >= 0.6 is 11.3 Å². The lowest BCUT2D eigenvalue weighted by molar-refractivity contribution is -0.141. The van der Waals surface area contributed by atoms with E-state index in [-0.39, 0.29) is 16.4 Å². The van der Waals surface area contributed by atoms with E-state index in [2.05, 4.69) is 4.74 Å². The third kappa shape index (κ3) is 3.79. The highest BCUT2D eigenvalue weighted by Crippen LogP contribution is 2.18. The number of thiophene rings is 1. The Bertz CT molecular complexity index is 547. The molecule has 0 amide bonds. The summed E-state index contributed by atoms with van der Waals surface area (Å²) in [7, 11) is -3.89. The molecule has 0 unspecified atom stereocenters. The van der Waals surface area contributed by atoms with E-state index in [9.17, 15) is 18.0 Å². The predicted molar refractivity (Wildman–Crippen MR) is 63.1 cm³/mol. The van der Waals surface area contributed by atoms with Gasteiger partial charge in [-0.25, -0.2) is 13.2 Å². The van der Waals surface area contributed by atoms with Crippen LogP contribution in [0.4, 0.5) is 0 Å². The standard InChI is InChI=1S/C9H11NO6S2/c1-2-16-8(11)4-10-18(14,15)6-3-7(9(12)13)17-5-6/h3,5,10H,2,4H2,1H3,(H,12,13). The lowest BCUT2D eigenvalue weighted by atomic mass is 10.5. The number of carboxylic acid groups (broad SMARTS) is 1. The number of hydrogen-bond acceptors (Lipinski definition) is 6. The summed E-state index contributed by atoms with van der Waals surface area (Å²) in [4.78, 5) is 21.3. The van der Waals surface area contributed by atoms with Gasteiger partial charge in [-0.15, -0.1) is 11.3 Å². The molecule has 1 aromatic rings. The van der Waals surface area contributed by atoms with Gasteiger partial charge in [0.25, 0.3) is 0 Å². The largest absolute Gasteiger partial charge is 0.477 e. The zero-order valence-electron chi connectivity index (χ0n) is 9.37. The van der Waals surface area contributed by atoms with Gasteiger partial charge in [-0.05, 0) is 13.0 Å². The van der Waals surface area contributed by atoms with Crippen LogP contribution in [0.2, 0.25) is 0 Å². The Hall–Kier alpha value is -1.45. The van der Waals surface area contributed by atoms with Crippen LogP contribution in [0.1, 0.15) is 16.6 Å². The molecule has 0 bridgehead atoms. The summed E-state index contributed by atoms with van der Waals surface area (Å²) in [6.45, 7) is 1.26. The molecule has 9 heteroatoms. The van der Waals surface area contributed by atoms with Gasteiger partial charge in [0.05, 0.1) is 11.5 Å². The molecule has 2 N–H and O–H groups in total. The Morgan fingerprint density at radius 2 is 2.17 bits per heavy atom. The summed E-state index contributed by atoms with van der Waals surface area (Å²) in [6.07, 6.45) is 0. The Morgan fingerprint density at radius 1 is 1.50 bits per heavy atom. The number of ether oxygens (including phenoxy) is 1. The minimum absolute atomic E-state index is 0.0912. The van der Waals surface area contributed by atoms with Crippen molar-refractivity contribution in [3.8, 4) is 0 Å². The first kappa shape index (κ1) is 14.6. The van der Waals surface area contributed by atoms with Crippen molar-refractivity contribution in [2.45, 2.75) is 11.8 Å². The van der Waals surface area contributed by atoms with E-state index in [0.29, 0.717) is 0 Å². The van der Waals surface area contributed by atoms with E-state index in [4.69, 9.17) is 5.11 Å². The molecule has 0 saturated heterocycles. The summed E-state index contributed by atoms with van der Waals surface area (Å²) in [5, 5.41) is 9.86. The Morgan fingerprint density at radius 3 is 2.67 bits per heavy atom. The van der Waals surface area contributed by atoms with Crippen LogP contribution in [0.3, 0.4) is 0 Å². The van der Waals surface area contributed by atoms with Gasteiger partial charge >= 0.3 is 11.9 Å². The lowest BCUT2D eigenvalue weighted by Crippen LogP contribution is -2.30. The SMILES string of the molecule is CCOC(=O)CNS(=O)(=O)c1csc(C(=O)O)c1. The molecule has 0 atom stereocenters. The number of carbonyl (C=O) groups excluding carboxylic acids is 1. The first-order chi connectivity index (χ1) is 8.36. The molecule has 1 heterocycles. The molecule has 0 spiro atoms. The van der Waals surface area contributed by atoms with E-state index >= 15 is 0 Å². The number of esters is 1. The summed E-state index contributed by atoms with van der Waals surface area (Å²) < 4.78 is 29.9. The van der Waals surface area contributed by atoms with Crippen molar-refractivity contribution < 1.29 is 27.9 Å². The van der Waals surface area contributed by atoms with Gasteiger partial charge in [0.2, 0.25) is 10.0 Å². The predicted octanol–water partition coefficient (Wildman–Crippen LogP) is 0.288. The first-order valence-electron chi connectivity index (χ1n) is 4.84. The average molecular weight is 293 g/mol. The Kier molecular flexibility index (Phi) is 4.82. The second kappa shape index (κ2) is 5.94. The maximum Gasteiger partial charge on any atom is 0.345 e. The summed E-state index contributed by atoms with van der Waals surface area (Å²) in [5.74, 6) is -1.90. The second-order valence-corrected chi connectivity index (χ2v) is 5.76. The number of carboxylic acids is 1. The van der Waals surface area contributed by atoms with E-state index in [1.165, 1.54) is 5.38 Å². The number of carbonyl (C=O) groups is 2. The number of hydrogen-bond donors (Lipinski definition) is 2. The highest BCUT2D eigenvalue weighted by Gasteiger charge is 2.19. The van der Waals surface area contributed by atoms with Gasteiger partial charge in [-0.3, -0.25) is 4.79 Å². The fraction of sp³-hybridized carbons (Fsp3) is 0.333. The fourth-order valence-electron chi connectivity index (χ4n) is 1.02. The number of aromatic carboxylic acids is 1. The van der Waals surface area contributed by atoms with Gasteiger partial charge in [0.15, 0.2) is 0 Å².